The summed E-state index contributed by atoms with van der Waals surface area (Å²) < 4.78 is 33.8. The molecule has 2 atom stereocenters. The molecule has 8 heteroatoms. The summed E-state index contributed by atoms with van der Waals surface area (Å²) in [5, 5.41) is 0. The highest BCUT2D eigenvalue weighted by atomic mass is 32.2. The van der Waals surface area contributed by atoms with Crippen molar-refractivity contribution in [3.8, 4) is 0 Å². The molecule has 2 rings (SSSR count). The van der Waals surface area contributed by atoms with Gasteiger partial charge in [0.15, 0.2) is 0 Å². The summed E-state index contributed by atoms with van der Waals surface area (Å²) in [5.41, 5.74) is 6.19. The number of nitrogens with zero attached hydrogens (tertiary/aromatic N) is 2. The molecule has 1 aromatic heterocycles. The molecule has 1 saturated heterocycles. The normalized spacial score (nSPS) is 21.1. The molecule has 1 aliphatic rings. The van der Waals surface area contributed by atoms with Gasteiger partial charge in [-0.15, -0.1) is 0 Å². The largest absolute Gasteiger partial charge is 0.461 e. The number of ether oxygens (including phenoxy) is 1. The summed E-state index contributed by atoms with van der Waals surface area (Å²) in [5.74, 6) is -0.529. The van der Waals surface area contributed by atoms with E-state index in [2.05, 4.69) is 0 Å². The maximum atomic E-state index is 13.0. The van der Waals surface area contributed by atoms with E-state index in [1.54, 1.807) is 14.0 Å². The van der Waals surface area contributed by atoms with Crippen molar-refractivity contribution in [1.82, 2.24) is 8.87 Å². The number of esters is 1. The molecular weight excluding hydrogens is 318 g/mol. The number of carbonyl (C=O) groups is 1. The first kappa shape index (κ1) is 18.0. The molecule has 130 valence electrons. The summed E-state index contributed by atoms with van der Waals surface area (Å²) >= 11 is 0. The van der Waals surface area contributed by atoms with Gasteiger partial charge in [0.05, 0.1) is 6.61 Å². The Kier molecular flexibility index (Phi) is 5.49. The van der Waals surface area contributed by atoms with Crippen molar-refractivity contribution in [2.75, 3.05) is 13.2 Å². The summed E-state index contributed by atoms with van der Waals surface area (Å²) in [6, 6.07) is 0.929. The van der Waals surface area contributed by atoms with Crippen LogP contribution in [0.2, 0.25) is 0 Å². The molecular formula is C15H25N3O4S. The van der Waals surface area contributed by atoms with Crippen LogP contribution in [0.3, 0.4) is 0 Å². The molecule has 0 spiro atoms. The zero-order valence-electron chi connectivity index (χ0n) is 13.9. The van der Waals surface area contributed by atoms with Crippen LogP contribution >= 0.6 is 0 Å². The van der Waals surface area contributed by atoms with E-state index in [0.29, 0.717) is 6.54 Å². The van der Waals surface area contributed by atoms with Crippen LogP contribution in [0.15, 0.2) is 17.2 Å². The number of aryl methyl sites for hydroxylation is 1. The maximum Gasteiger partial charge on any atom is 0.354 e. The Bertz CT molecular complexity index is 666. The number of nitrogens with two attached hydrogens (primary N) is 1. The minimum absolute atomic E-state index is 0.107. The van der Waals surface area contributed by atoms with Gasteiger partial charge < -0.3 is 15.0 Å². The zero-order chi connectivity index (χ0) is 17.2. The first-order valence-corrected chi connectivity index (χ1v) is 9.34. The molecule has 1 aromatic rings. The number of hydrogen-bond acceptors (Lipinski definition) is 5. The van der Waals surface area contributed by atoms with Crippen LogP contribution < -0.4 is 5.73 Å². The number of piperidine rings is 1. The van der Waals surface area contributed by atoms with Crippen LogP contribution in [0.1, 0.15) is 43.6 Å². The summed E-state index contributed by atoms with van der Waals surface area (Å²) in [6.07, 6.45) is 4.00. The van der Waals surface area contributed by atoms with Crippen molar-refractivity contribution in [2.24, 2.45) is 12.8 Å². The van der Waals surface area contributed by atoms with Gasteiger partial charge in [0.1, 0.15) is 10.6 Å². The molecule has 0 radical (unpaired) electrons. The van der Waals surface area contributed by atoms with Gasteiger partial charge in [0.2, 0.25) is 10.0 Å². The smallest absolute Gasteiger partial charge is 0.354 e. The monoisotopic (exact) mass is 343 g/mol. The number of sulfonamides is 1. The molecule has 0 saturated carbocycles. The van der Waals surface area contributed by atoms with Gasteiger partial charge in [-0.05, 0) is 32.8 Å². The van der Waals surface area contributed by atoms with Gasteiger partial charge in [0.25, 0.3) is 0 Å². The van der Waals surface area contributed by atoms with E-state index in [1.165, 1.54) is 21.1 Å². The molecule has 0 bridgehead atoms. The van der Waals surface area contributed by atoms with Gasteiger partial charge in [-0.3, -0.25) is 0 Å². The summed E-state index contributed by atoms with van der Waals surface area (Å²) in [7, 11) is -2.05. The lowest BCUT2D eigenvalue weighted by Gasteiger charge is -2.36. The van der Waals surface area contributed by atoms with E-state index < -0.39 is 16.0 Å². The second kappa shape index (κ2) is 7.02. The minimum atomic E-state index is -3.68. The average Bonchev–Trinajstić information content (AvgIpc) is 2.90. The Morgan fingerprint density at radius 3 is 2.78 bits per heavy atom. The highest BCUT2D eigenvalue weighted by Crippen LogP contribution is 2.27. The Morgan fingerprint density at radius 1 is 1.48 bits per heavy atom. The first-order valence-electron chi connectivity index (χ1n) is 7.90. The first-order chi connectivity index (χ1) is 10.8. The second-order valence-corrected chi connectivity index (χ2v) is 7.82. The number of aromatic nitrogens is 1. The van der Waals surface area contributed by atoms with Crippen LogP contribution in [0.4, 0.5) is 0 Å². The lowest BCUT2D eigenvalue weighted by molar-refractivity contribution is 0.0515. The fraction of sp³-hybridized carbons (Fsp3) is 0.667. The molecule has 2 heterocycles. The van der Waals surface area contributed by atoms with Gasteiger partial charge in [0, 0.05) is 31.9 Å². The second-order valence-electron chi connectivity index (χ2n) is 5.93. The van der Waals surface area contributed by atoms with E-state index in [1.807, 2.05) is 6.92 Å². The Labute approximate surface area is 137 Å². The molecule has 1 aliphatic heterocycles. The van der Waals surface area contributed by atoms with Gasteiger partial charge in [-0.1, -0.05) is 6.42 Å². The van der Waals surface area contributed by atoms with Crippen LogP contribution in [-0.2, 0) is 21.8 Å². The van der Waals surface area contributed by atoms with Gasteiger partial charge in [-0.25, -0.2) is 13.2 Å². The van der Waals surface area contributed by atoms with Crippen LogP contribution in [-0.4, -0.2) is 48.5 Å². The standard InChI is InChI=1S/C15H25N3O4S/c1-4-22-15(19)14-9-12(10-17(14)3)23(20,21)18-8-6-5-7-13(18)11(2)16/h9-11,13H,4-8,16H2,1-3H3. The lowest BCUT2D eigenvalue weighted by atomic mass is 10.00. The Balaban J connectivity index is 2.36. The third-order valence-corrected chi connectivity index (χ3v) is 6.07. The molecule has 23 heavy (non-hydrogen) atoms. The number of hydrogen-bond donors (Lipinski definition) is 1. The van der Waals surface area contributed by atoms with Gasteiger partial charge >= 0.3 is 5.97 Å². The van der Waals surface area contributed by atoms with E-state index in [9.17, 15) is 13.2 Å². The molecule has 2 N–H and O–H groups in total. The summed E-state index contributed by atoms with van der Waals surface area (Å²) in [4.78, 5) is 12.0. The van der Waals surface area contributed by atoms with E-state index in [-0.39, 0.29) is 29.3 Å². The van der Waals surface area contributed by atoms with Crippen molar-refractivity contribution >= 4 is 16.0 Å². The van der Waals surface area contributed by atoms with Crippen molar-refractivity contribution in [3.05, 3.63) is 18.0 Å². The quantitative estimate of drug-likeness (QED) is 0.808. The SMILES string of the molecule is CCOC(=O)c1cc(S(=O)(=O)N2CCCCC2C(C)N)cn1C. The minimum Gasteiger partial charge on any atom is -0.461 e. The molecule has 0 aliphatic carbocycles. The number of carbonyl (C=O) groups excluding carboxylic acids is 1. The van der Waals surface area contributed by atoms with Gasteiger partial charge in [-0.2, -0.15) is 4.31 Å². The lowest BCUT2D eigenvalue weighted by Crippen LogP contribution is -2.51. The topological polar surface area (TPSA) is 94.6 Å². The highest BCUT2D eigenvalue weighted by Gasteiger charge is 2.36. The third kappa shape index (κ3) is 3.59. The summed E-state index contributed by atoms with van der Waals surface area (Å²) in [6.45, 7) is 4.23. The fourth-order valence-corrected chi connectivity index (χ4v) is 4.82. The Morgan fingerprint density at radius 2 is 2.17 bits per heavy atom. The number of rotatable bonds is 5. The van der Waals surface area contributed by atoms with Crippen LogP contribution in [0, 0.1) is 0 Å². The third-order valence-electron chi connectivity index (χ3n) is 4.18. The van der Waals surface area contributed by atoms with Crippen molar-refractivity contribution in [2.45, 2.75) is 50.1 Å². The highest BCUT2D eigenvalue weighted by molar-refractivity contribution is 7.89. The van der Waals surface area contributed by atoms with Crippen LogP contribution in [0.25, 0.3) is 0 Å². The van der Waals surface area contributed by atoms with Crippen LogP contribution in [0.5, 0.6) is 0 Å². The molecule has 7 nitrogen and oxygen atoms in total. The molecule has 0 amide bonds. The predicted molar refractivity (Wildman–Crippen MR) is 86.5 cm³/mol. The van der Waals surface area contributed by atoms with E-state index >= 15 is 0 Å². The predicted octanol–water partition coefficient (Wildman–Crippen LogP) is 1.09. The van der Waals surface area contributed by atoms with Crippen molar-refractivity contribution in [3.63, 3.8) is 0 Å². The Hall–Kier alpha value is -1.38. The molecule has 1 fully saturated rings. The maximum absolute atomic E-state index is 13.0. The zero-order valence-corrected chi connectivity index (χ0v) is 14.7. The fourth-order valence-electron chi connectivity index (χ4n) is 2.97. The van der Waals surface area contributed by atoms with Crippen molar-refractivity contribution < 1.29 is 17.9 Å². The molecule has 0 aromatic carbocycles. The van der Waals surface area contributed by atoms with E-state index in [4.69, 9.17) is 10.5 Å². The van der Waals surface area contributed by atoms with E-state index in [0.717, 1.165) is 19.3 Å². The average molecular weight is 343 g/mol. The van der Waals surface area contributed by atoms with Crippen molar-refractivity contribution in [1.29, 1.82) is 0 Å². The molecule has 2 unspecified atom stereocenters.